The summed E-state index contributed by atoms with van der Waals surface area (Å²) in [4.78, 5) is 8.23. The van der Waals surface area contributed by atoms with Crippen LogP contribution in [0.25, 0.3) is 32.6 Å². The van der Waals surface area contributed by atoms with E-state index in [0.717, 1.165) is 51.9 Å². The Morgan fingerprint density at radius 3 is 2.80 bits per heavy atom. The predicted octanol–water partition coefficient (Wildman–Crippen LogP) is 3.95. The molecule has 0 unspecified atom stereocenters. The lowest BCUT2D eigenvalue weighted by atomic mass is 10.1. The fourth-order valence-electron chi connectivity index (χ4n) is 3.38. The van der Waals surface area contributed by atoms with E-state index in [2.05, 4.69) is 46.5 Å². The second-order valence-electron chi connectivity index (χ2n) is 6.31. The summed E-state index contributed by atoms with van der Waals surface area (Å²) in [6, 6.07) is 10.5. The molecule has 2 heterocycles. The number of hydrogen-bond acceptors (Lipinski definition) is 4. The summed E-state index contributed by atoms with van der Waals surface area (Å²) in [5.41, 5.74) is 9.01. The molecule has 4 aromatic rings. The topological polar surface area (TPSA) is 76.0 Å². The largest absolute Gasteiger partial charge is 0.497 e. The summed E-state index contributed by atoms with van der Waals surface area (Å²) in [5.74, 6) is 1.78. The molecule has 0 spiro atoms. The van der Waals surface area contributed by atoms with Gasteiger partial charge in [0.15, 0.2) is 0 Å². The third kappa shape index (κ3) is 2.57. The minimum Gasteiger partial charge on any atom is -0.497 e. The molecular formula is C20H22N4O. The highest BCUT2D eigenvalue weighted by molar-refractivity contribution is 6.20. The average Bonchev–Trinajstić information content (AvgIpc) is 3.04. The number of methoxy groups -OCH3 is 1. The molecule has 5 nitrogen and oxygen atoms in total. The van der Waals surface area contributed by atoms with Gasteiger partial charge in [0.1, 0.15) is 11.6 Å². The van der Waals surface area contributed by atoms with E-state index >= 15 is 0 Å². The van der Waals surface area contributed by atoms with E-state index in [9.17, 15) is 0 Å². The summed E-state index contributed by atoms with van der Waals surface area (Å²) in [6.45, 7) is 3.57. The van der Waals surface area contributed by atoms with E-state index in [1.807, 2.05) is 12.3 Å². The molecule has 2 aromatic heterocycles. The fraction of sp³-hybridized carbons (Fsp3) is 0.250. The molecule has 25 heavy (non-hydrogen) atoms. The highest BCUT2D eigenvalue weighted by Crippen LogP contribution is 2.36. The number of ether oxygens (including phenoxy) is 1. The maximum atomic E-state index is 5.61. The molecule has 4 rings (SSSR count). The highest BCUT2D eigenvalue weighted by Gasteiger charge is 2.14. The number of nitrogens with one attached hydrogen (secondary N) is 2. The number of nitrogens with zero attached hydrogens (tertiary/aromatic N) is 1. The molecule has 4 N–H and O–H groups in total. The summed E-state index contributed by atoms with van der Waals surface area (Å²) in [5, 5.41) is 8.09. The van der Waals surface area contributed by atoms with E-state index in [0.29, 0.717) is 6.54 Å². The normalized spacial score (nSPS) is 11.5. The average molecular weight is 334 g/mol. The van der Waals surface area contributed by atoms with Crippen LogP contribution in [-0.4, -0.2) is 30.2 Å². The summed E-state index contributed by atoms with van der Waals surface area (Å²) in [6.07, 6.45) is 2.83. The fourth-order valence-corrected chi connectivity index (χ4v) is 3.38. The first-order valence-corrected chi connectivity index (χ1v) is 8.54. The van der Waals surface area contributed by atoms with Crippen molar-refractivity contribution in [2.45, 2.75) is 13.3 Å². The third-order valence-electron chi connectivity index (χ3n) is 4.69. The lowest BCUT2D eigenvalue weighted by Gasteiger charge is -2.08. The van der Waals surface area contributed by atoms with Crippen molar-refractivity contribution < 1.29 is 4.74 Å². The van der Waals surface area contributed by atoms with Crippen LogP contribution in [0.1, 0.15) is 12.0 Å². The Hall–Kier alpha value is -2.79. The summed E-state index contributed by atoms with van der Waals surface area (Å²) >= 11 is 0. The molecule has 0 fully saturated rings. The van der Waals surface area contributed by atoms with Crippen LogP contribution >= 0.6 is 0 Å². The Morgan fingerprint density at radius 1 is 1.16 bits per heavy atom. The van der Waals surface area contributed by atoms with Gasteiger partial charge in [0, 0.05) is 23.5 Å². The number of aryl methyl sites for hydroxylation is 1. The van der Waals surface area contributed by atoms with Gasteiger partial charge >= 0.3 is 0 Å². The molecular weight excluding hydrogens is 312 g/mol. The van der Waals surface area contributed by atoms with Crippen LogP contribution in [0, 0.1) is 6.92 Å². The van der Waals surface area contributed by atoms with Gasteiger partial charge < -0.3 is 20.8 Å². The first-order valence-electron chi connectivity index (χ1n) is 8.54. The van der Waals surface area contributed by atoms with Gasteiger partial charge in [0.2, 0.25) is 0 Å². The Kier molecular flexibility index (Phi) is 3.93. The smallest absolute Gasteiger partial charge is 0.136 e. The van der Waals surface area contributed by atoms with Gasteiger partial charge in [-0.25, -0.2) is 4.98 Å². The second kappa shape index (κ2) is 6.26. The number of fused-ring (bicyclic) bond motifs is 5. The third-order valence-corrected chi connectivity index (χ3v) is 4.69. The van der Waals surface area contributed by atoms with Crippen LogP contribution in [0.15, 0.2) is 36.5 Å². The first-order chi connectivity index (χ1) is 12.2. The first kappa shape index (κ1) is 15.7. The van der Waals surface area contributed by atoms with Gasteiger partial charge in [-0.15, -0.1) is 0 Å². The van der Waals surface area contributed by atoms with Crippen LogP contribution in [0.5, 0.6) is 5.75 Å². The van der Waals surface area contributed by atoms with E-state index in [-0.39, 0.29) is 0 Å². The molecule has 0 atom stereocenters. The van der Waals surface area contributed by atoms with E-state index in [4.69, 9.17) is 10.5 Å². The van der Waals surface area contributed by atoms with Crippen LogP contribution in [0.2, 0.25) is 0 Å². The minimum atomic E-state index is 0.669. The standard InChI is InChI=1S/C20H22N4O/c1-12-11-23-20(22-9-3-8-21)17-16-6-4-13-10-14(25-2)5-7-15(13)19(16)24-18(12)17/h4-7,10-11,24H,3,8-9,21H2,1-2H3,(H,22,23). The van der Waals surface area contributed by atoms with E-state index in [1.54, 1.807) is 7.11 Å². The molecule has 0 amide bonds. The number of nitrogens with two attached hydrogens (primary N) is 1. The monoisotopic (exact) mass is 334 g/mol. The molecule has 0 aliphatic carbocycles. The van der Waals surface area contributed by atoms with Gasteiger partial charge in [-0.05, 0) is 49.0 Å². The van der Waals surface area contributed by atoms with Crippen LogP contribution in [-0.2, 0) is 0 Å². The second-order valence-corrected chi connectivity index (χ2v) is 6.31. The highest BCUT2D eigenvalue weighted by atomic mass is 16.5. The van der Waals surface area contributed by atoms with Crippen LogP contribution in [0.4, 0.5) is 5.82 Å². The van der Waals surface area contributed by atoms with Crippen molar-refractivity contribution in [2.75, 3.05) is 25.5 Å². The van der Waals surface area contributed by atoms with Crippen molar-refractivity contribution in [3.05, 3.63) is 42.1 Å². The predicted molar refractivity (Wildman–Crippen MR) is 105 cm³/mol. The Bertz CT molecular complexity index is 1070. The number of H-pyrrole nitrogens is 1. The maximum absolute atomic E-state index is 5.61. The van der Waals surface area contributed by atoms with Crippen molar-refractivity contribution >= 4 is 38.4 Å². The van der Waals surface area contributed by atoms with Crippen molar-refractivity contribution in [1.82, 2.24) is 9.97 Å². The van der Waals surface area contributed by atoms with Gasteiger partial charge in [-0.1, -0.05) is 12.1 Å². The summed E-state index contributed by atoms with van der Waals surface area (Å²) < 4.78 is 5.35. The van der Waals surface area contributed by atoms with Crippen molar-refractivity contribution in [2.24, 2.45) is 5.73 Å². The Morgan fingerprint density at radius 2 is 2.00 bits per heavy atom. The number of pyridine rings is 1. The van der Waals surface area contributed by atoms with Gasteiger partial charge in [-0.3, -0.25) is 0 Å². The number of aromatic nitrogens is 2. The Balaban J connectivity index is 1.98. The van der Waals surface area contributed by atoms with Gasteiger partial charge in [0.05, 0.1) is 23.5 Å². The van der Waals surface area contributed by atoms with Crippen molar-refractivity contribution in [3.63, 3.8) is 0 Å². The maximum Gasteiger partial charge on any atom is 0.136 e. The van der Waals surface area contributed by atoms with E-state index < -0.39 is 0 Å². The quantitative estimate of drug-likeness (QED) is 0.483. The number of anilines is 1. The molecule has 0 saturated carbocycles. The van der Waals surface area contributed by atoms with E-state index in [1.165, 1.54) is 10.8 Å². The molecule has 5 heteroatoms. The molecule has 0 saturated heterocycles. The number of rotatable bonds is 5. The van der Waals surface area contributed by atoms with Crippen LogP contribution in [0.3, 0.4) is 0 Å². The molecule has 2 aromatic carbocycles. The zero-order chi connectivity index (χ0) is 17.4. The number of aromatic amines is 1. The molecule has 0 bridgehead atoms. The van der Waals surface area contributed by atoms with Crippen molar-refractivity contribution in [3.8, 4) is 5.75 Å². The van der Waals surface area contributed by atoms with Gasteiger partial charge in [0.25, 0.3) is 0 Å². The Labute approximate surface area is 146 Å². The number of benzene rings is 2. The zero-order valence-electron chi connectivity index (χ0n) is 14.5. The molecule has 0 aliphatic heterocycles. The van der Waals surface area contributed by atoms with Crippen molar-refractivity contribution in [1.29, 1.82) is 0 Å². The van der Waals surface area contributed by atoms with Crippen LogP contribution < -0.4 is 15.8 Å². The zero-order valence-corrected chi connectivity index (χ0v) is 14.5. The SMILES string of the molecule is COc1ccc2c(ccc3c2[nH]c2c(C)cnc(NCCCN)c23)c1. The minimum absolute atomic E-state index is 0.669. The molecule has 0 aliphatic rings. The lowest BCUT2D eigenvalue weighted by Crippen LogP contribution is -2.09. The lowest BCUT2D eigenvalue weighted by molar-refractivity contribution is 0.415. The molecule has 0 radical (unpaired) electrons. The summed E-state index contributed by atoms with van der Waals surface area (Å²) in [7, 11) is 1.69. The number of hydrogen-bond donors (Lipinski definition) is 3. The molecule has 128 valence electrons. The van der Waals surface area contributed by atoms with Gasteiger partial charge in [-0.2, -0.15) is 0 Å².